The molecule has 0 amide bonds. The van der Waals surface area contributed by atoms with Crippen LogP contribution in [0.15, 0.2) is 22.7 Å². The lowest BCUT2D eigenvalue weighted by atomic mass is 10.1. The maximum atomic E-state index is 9.15. The first-order valence-corrected chi connectivity index (χ1v) is 5.43. The smallest absolute Gasteiger partial charge is 0.133 e. The predicted octanol–water partition coefficient (Wildman–Crippen LogP) is 2.77. The van der Waals surface area contributed by atoms with Gasteiger partial charge >= 0.3 is 0 Å². The molecular weight excluding hydrogens is 244 g/mol. The second-order valence-electron chi connectivity index (χ2n) is 3.36. The third-order valence-corrected chi connectivity index (χ3v) is 2.72. The normalized spacial score (nSPS) is 12.6. The zero-order valence-corrected chi connectivity index (χ0v) is 10.0. The van der Waals surface area contributed by atoms with Crippen LogP contribution in [-0.2, 0) is 6.42 Å². The first-order valence-electron chi connectivity index (χ1n) is 4.64. The van der Waals surface area contributed by atoms with Gasteiger partial charge in [-0.05, 0) is 53.4 Å². The van der Waals surface area contributed by atoms with Gasteiger partial charge in [-0.2, -0.15) is 0 Å². The molecule has 1 aromatic carbocycles. The Bertz CT molecular complexity index is 297. The SMILES string of the molecule is COc1cc(CC[C@@H](C)O)ccc1Br. The summed E-state index contributed by atoms with van der Waals surface area (Å²) in [5.74, 6) is 0.841. The van der Waals surface area contributed by atoms with E-state index < -0.39 is 0 Å². The molecule has 78 valence electrons. The van der Waals surface area contributed by atoms with Crippen LogP contribution in [0, 0.1) is 0 Å². The van der Waals surface area contributed by atoms with Gasteiger partial charge in [-0.25, -0.2) is 0 Å². The van der Waals surface area contributed by atoms with Crippen LogP contribution in [0.2, 0.25) is 0 Å². The molecule has 0 saturated carbocycles. The van der Waals surface area contributed by atoms with E-state index in [4.69, 9.17) is 9.84 Å². The monoisotopic (exact) mass is 258 g/mol. The number of ether oxygens (including phenoxy) is 1. The number of hydrogen-bond acceptors (Lipinski definition) is 2. The topological polar surface area (TPSA) is 29.5 Å². The minimum atomic E-state index is -0.246. The van der Waals surface area contributed by atoms with Crippen LogP contribution in [-0.4, -0.2) is 18.3 Å². The van der Waals surface area contributed by atoms with Gasteiger partial charge in [0.1, 0.15) is 5.75 Å². The summed E-state index contributed by atoms with van der Waals surface area (Å²) in [6.45, 7) is 1.80. The van der Waals surface area contributed by atoms with E-state index in [1.54, 1.807) is 14.0 Å². The van der Waals surface area contributed by atoms with Crippen LogP contribution >= 0.6 is 15.9 Å². The number of hydrogen-bond donors (Lipinski definition) is 1. The molecule has 0 aliphatic heterocycles. The largest absolute Gasteiger partial charge is 0.496 e. The summed E-state index contributed by atoms with van der Waals surface area (Å²) in [5.41, 5.74) is 1.19. The van der Waals surface area contributed by atoms with Crippen molar-refractivity contribution in [3.8, 4) is 5.75 Å². The van der Waals surface area contributed by atoms with Gasteiger partial charge < -0.3 is 9.84 Å². The summed E-state index contributed by atoms with van der Waals surface area (Å²) in [7, 11) is 1.65. The Hall–Kier alpha value is -0.540. The van der Waals surface area contributed by atoms with E-state index in [2.05, 4.69) is 15.9 Å². The van der Waals surface area contributed by atoms with Gasteiger partial charge in [0.15, 0.2) is 0 Å². The fraction of sp³-hybridized carbons (Fsp3) is 0.455. The van der Waals surface area contributed by atoms with Crippen molar-refractivity contribution in [1.29, 1.82) is 0 Å². The number of rotatable bonds is 4. The number of aliphatic hydroxyl groups is 1. The van der Waals surface area contributed by atoms with E-state index in [9.17, 15) is 0 Å². The molecule has 0 saturated heterocycles. The van der Waals surface area contributed by atoms with Crippen LogP contribution in [0.4, 0.5) is 0 Å². The molecule has 0 unspecified atom stereocenters. The minimum Gasteiger partial charge on any atom is -0.496 e. The number of aryl methyl sites for hydroxylation is 1. The third kappa shape index (κ3) is 3.31. The lowest BCUT2D eigenvalue weighted by molar-refractivity contribution is 0.185. The van der Waals surface area contributed by atoms with E-state index in [-0.39, 0.29) is 6.10 Å². The number of benzene rings is 1. The molecule has 2 nitrogen and oxygen atoms in total. The highest BCUT2D eigenvalue weighted by Gasteiger charge is 2.02. The molecule has 0 aliphatic carbocycles. The van der Waals surface area contributed by atoms with Gasteiger partial charge in [0.25, 0.3) is 0 Å². The quantitative estimate of drug-likeness (QED) is 0.900. The van der Waals surface area contributed by atoms with Crippen molar-refractivity contribution in [3.63, 3.8) is 0 Å². The van der Waals surface area contributed by atoms with Crippen molar-refractivity contribution in [1.82, 2.24) is 0 Å². The standard InChI is InChI=1S/C11H15BrO2/c1-8(13)3-4-9-5-6-10(12)11(7-9)14-2/h5-8,13H,3-4H2,1-2H3/t8-/m1/s1. The summed E-state index contributed by atoms with van der Waals surface area (Å²) in [6, 6.07) is 6.00. The van der Waals surface area contributed by atoms with Gasteiger partial charge in [0.05, 0.1) is 17.7 Å². The van der Waals surface area contributed by atoms with Crippen LogP contribution in [0.3, 0.4) is 0 Å². The van der Waals surface area contributed by atoms with Gasteiger partial charge in [-0.3, -0.25) is 0 Å². The Kier molecular flexibility index (Phi) is 4.42. The fourth-order valence-electron chi connectivity index (χ4n) is 1.24. The van der Waals surface area contributed by atoms with Crippen LogP contribution in [0.5, 0.6) is 5.75 Å². The second-order valence-corrected chi connectivity index (χ2v) is 4.21. The van der Waals surface area contributed by atoms with Gasteiger partial charge in [-0.15, -0.1) is 0 Å². The Morgan fingerprint density at radius 1 is 1.50 bits per heavy atom. The lowest BCUT2D eigenvalue weighted by Gasteiger charge is -2.07. The van der Waals surface area contributed by atoms with E-state index in [1.807, 2.05) is 18.2 Å². The molecular formula is C11H15BrO2. The van der Waals surface area contributed by atoms with Crippen molar-refractivity contribution in [2.45, 2.75) is 25.9 Å². The Morgan fingerprint density at radius 3 is 2.79 bits per heavy atom. The van der Waals surface area contributed by atoms with Gasteiger partial charge in [-0.1, -0.05) is 6.07 Å². The van der Waals surface area contributed by atoms with Gasteiger partial charge in [0, 0.05) is 0 Å². The maximum Gasteiger partial charge on any atom is 0.133 e. The van der Waals surface area contributed by atoms with Crippen molar-refractivity contribution in [2.75, 3.05) is 7.11 Å². The highest BCUT2D eigenvalue weighted by Crippen LogP contribution is 2.26. The first kappa shape index (κ1) is 11.5. The first-order chi connectivity index (χ1) is 6.63. The maximum absolute atomic E-state index is 9.15. The zero-order chi connectivity index (χ0) is 10.6. The molecule has 1 atom stereocenters. The third-order valence-electron chi connectivity index (χ3n) is 2.07. The van der Waals surface area contributed by atoms with Crippen molar-refractivity contribution >= 4 is 15.9 Å². The second kappa shape index (κ2) is 5.37. The molecule has 0 radical (unpaired) electrons. The summed E-state index contributed by atoms with van der Waals surface area (Å²) >= 11 is 3.40. The summed E-state index contributed by atoms with van der Waals surface area (Å²) < 4.78 is 6.14. The molecule has 0 spiro atoms. The van der Waals surface area contributed by atoms with Crippen LogP contribution in [0.1, 0.15) is 18.9 Å². The zero-order valence-electron chi connectivity index (χ0n) is 8.46. The van der Waals surface area contributed by atoms with E-state index >= 15 is 0 Å². The Morgan fingerprint density at radius 2 is 2.21 bits per heavy atom. The molecule has 1 N–H and O–H groups in total. The minimum absolute atomic E-state index is 0.246. The predicted molar refractivity (Wildman–Crippen MR) is 60.7 cm³/mol. The number of aliphatic hydroxyl groups excluding tert-OH is 1. The van der Waals surface area contributed by atoms with Crippen LogP contribution in [0.25, 0.3) is 0 Å². The average Bonchev–Trinajstić information content (AvgIpc) is 2.16. The molecule has 0 aliphatic rings. The summed E-state index contributed by atoms with van der Waals surface area (Å²) in [6.07, 6.45) is 1.41. The molecule has 14 heavy (non-hydrogen) atoms. The Labute approximate surface area is 93.0 Å². The van der Waals surface area contributed by atoms with E-state index in [0.717, 1.165) is 23.1 Å². The van der Waals surface area contributed by atoms with Crippen molar-refractivity contribution in [3.05, 3.63) is 28.2 Å². The van der Waals surface area contributed by atoms with Crippen LogP contribution < -0.4 is 4.74 Å². The molecule has 0 bridgehead atoms. The number of methoxy groups -OCH3 is 1. The Balaban J connectivity index is 2.69. The average molecular weight is 259 g/mol. The molecule has 0 heterocycles. The molecule has 0 aromatic heterocycles. The highest BCUT2D eigenvalue weighted by molar-refractivity contribution is 9.10. The summed E-state index contributed by atoms with van der Waals surface area (Å²) in [4.78, 5) is 0. The number of halogens is 1. The molecule has 1 rings (SSSR count). The van der Waals surface area contributed by atoms with E-state index in [0.29, 0.717) is 0 Å². The summed E-state index contributed by atoms with van der Waals surface area (Å²) in [5, 5.41) is 9.15. The fourth-order valence-corrected chi connectivity index (χ4v) is 1.64. The lowest BCUT2D eigenvalue weighted by Crippen LogP contribution is -2.01. The molecule has 0 fully saturated rings. The highest BCUT2D eigenvalue weighted by atomic mass is 79.9. The van der Waals surface area contributed by atoms with E-state index in [1.165, 1.54) is 5.56 Å². The van der Waals surface area contributed by atoms with Crippen molar-refractivity contribution < 1.29 is 9.84 Å². The van der Waals surface area contributed by atoms with Crippen molar-refractivity contribution in [2.24, 2.45) is 0 Å². The molecule has 3 heteroatoms. The molecule has 1 aromatic rings. The van der Waals surface area contributed by atoms with Gasteiger partial charge in [0.2, 0.25) is 0 Å².